The number of nitrogens with zero attached hydrogens (tertiary/aromatic N) is 1. The second-order valence-corrected chi connectivity index (χ2v) is 6.08. The first-order chi connectivity index (χ1) is 8.65. The van der Waals surface area contributed by atoms with Crippen molar-refractivity contribution in [1.82, 2.24) is 0 Å². The first-order valence-electron chi connectivity index (χ1n) is 6.96. The Morgan fingerprint density at radius 2 is 2.11 bits per heavy atom. The minimum absolute atomic E-state index is 0.267. The molecule has 1 aromatic rings. The summed E-state index contributed by atoms with van der Waals surface area (Å²) in [6, 6.07) is 7.62. The quantitative estimate of drug-likeness (QED) is 0.867. The van der Waals surface area contributed by atoms with Crippen molar-refractivity contribution >= 4 is 21.6 Å². The maximum Gasteiger partial charge on any atom is 0.0413 e. The van der Waals surface area contributed by atoms with Crippen LogP contribution in [0.5, 0.6) is 0 Å². The van der Waals surface area contributed by atoms with Crippen LogP contribution in [0.4, 0.5) is 5.69 Å². The molecule has 18 heavy (non-hydrogen) atoms. The predicted molar refractivity (Wildman–Crippen MR) is 82.2 cm³/mol. The molecule has 1 atom stereocenters. The molecule has 100 valence electrons. The molecule has 0 spiro atoms. The molecule has 0 heterocycles. The largest absolute Gasteiger partial charge is 0.369 e. The zero-order valence-electron chi connectivity index (χ0n) is 11.3. The summed E-state index contributed by atoms with van der Waals surface area (Å²) < 4.78 is 1.16. The van der Waals surface area contributed by atoms with Gasteiger partial charge in [0, 0.05) is 28.8 Å². The van der Waals surface area contributed by atoms with Crippen molar-refractivity contribution in [3.05, 3.63) is 28.2 Å². The number of nitrogens with two attached hydrogens (primary N) is 1. The first kappa shape index (κ1) is 13.9. The van der Waals surface area contributed by atoms with E-state index < -0.39 is 0 Å². The van der Waals surface area contributed by atoms with Gasteiger partial charge in [-0.05, 0) is 50.3 Å². The highest BCUT2D eigenvalue weighted by Crippen LogP contribution is 2.35. The topological polar surface area (TPSA) is 29.3 Å². The Morgan fingerprint density at radius 1 is 1.39 bits per heavy atom. The van der Waals surface area contributed by atoms with Gasteiger partial charge in [0.1, 0.15) is 0 Å². The molecule has 0 aliphatic heterocycles. The number of hydrogen-bond donors (Lipinski definition) is 1. The van der Waals surface area contributed by atoms with Gasteiger partial charge >= 0.3 is 0 Å². The van der Waals surface area contributed by atoms with E-state index in [0.717, 1.165) is 29.9 Å². The summed E-state index contributed by atoms with van der Waals surface area (Å²) >= 11 is 3.59. The molecular formula is C15H23BrN2. The molecular weight excluding hydrogens is 288 g/mol. The molecule has 0 amide bonds. The van der Waals surface area contributed by atoms with Gasteiger partial charge in [0.05, 0.1) is 0 Å². The van der Waals surface area contributed by atoms with E-state index in [1.54, 1.807) is 0 Å². The van der Waals surface area contributed by atoms with Gasteiger partial charge in [0.15, 0.2) is 0 Å². The molecule has 1 aromatic carbocycles. The Bertz CT molecular complexity index is 401. The molecule has 2 N–H and O–H groups in total. The first-order valence-corrected chi connectivity index (χ1v) is 7.75. The molecule has 1 aliphatic carbocycles. The minimum Gasteiger partial charge on any atom is -0.369 e. The van der Waals surface area contributed by atoms with Gasteiger partial charge < -0.3 is 10.6 Å². The average molecular weight is 311 g/mol. The van der Waals surface area contributed by atoms with Crippen LogP contribution in [0.2, 0.25) is 0 Å². The van der Waals surface area contributed by atoms with Crippen molar-refractivity contribution in [3.63, 3.8) is 0 Å². The van der Waals surface area contributed by atoms with E-state index in [4.69, 9.17) is 5.73 Å². The zero-order chi connectivity index (χ0) is 13.1. The van der Waals surface area contributed by atoms with E-state index in [9.17, 15) is 0 Å². The number of benzene rings is 1. The molecule has 3 heteroatoms. The summed E-state index contributed by atoms with van der Waals surface area (Å²) in [6.45, 7) is 5.47. The minimum atomic E-state index is 0.267. The molecule has 1 fully saturated rings. The maximum atomic E-state index is 6.12. The molecule has 0 bridgehead atoms. The molecule has 1 aliphatic rings. The summed E-state index contributed by atoms with van der Waals surface area (Å²) in [7, 11) is 0. The Morgan fingerprint density at radius 3 is 2.67 bits per heavy atom. The SMILES string of the molecule is CCC(N)Cc1ccc(Br)cc1N(CC)C1CC1. The molecule has 0 aromatic heterocycles. The highest BCUT2D eigenvalue weighted by Gasteiger charge is 2.29. The van der Waals surface area contributed by atoms with Crippen LogP contribution in [0.1, 0.15) is 38.7 Å². The maximum absolute atomic E-state index is 6.12. The molecule has 1 saturated carbocycles. The lowest BCUT2D eigenvalue weighted by molar-refractivity contribution is 0.644. The van der Waals surface area contributed by atoms with Crippen LogP contribution in [-0.2, 0) is 6.42 Å². The molecule has 0 saturated heterocycles. The normalized spacial score (nSPS) is 16.7. The smallest absolute Gasteiger partial charge is 0.0413 e. The van der Waals surface area contributed by atoms with Gasteiger partial charge in [0.25, 0.3) is 0 Å². The fraction of sp³-hybridized carbons (Fsp3) is 0.600. The standard InChI is InChI=1S/C15H23BrN2/c1-3-13(17)9-11-5-6-12(16)10-15(11)18(4-2)14-7-8-14/h5-6,10,13-14H,3-4,7-9,17H2,1-2H3. The van der Waals surface area contributed by atoms with E-state index in [-0.39, 0.29) is 6.04 Å². The fourth-order valence-electron chi connectivity index (χ4n) is 2.42. The monoisotopic (exact) mass is 310 g/mol. The summed E-state index contributed by atoms with van der Waals surface area (Å²) in [5.74, 6) is 0. The van der Waals surface area contributed by atoms with E-state index in [0.29, 0.717) is 0 Å². The summed E-state index contributed by atoms with van der Waals surface area (Å²) in [5, 5.41) is 0. The highest BCUT2D eigenvalue weighted by molar-refractivity contribution is 9.10. The van der Waals surface area contributed by atoms with Crippen molar-refractivity contribution in [2.45, 2.75) is 51.6 Å². The van der Waals surface area contributed by atoms with Gasteiger partial charge in [-0.3, -0.25) is 0 Å². The van der Waals surface area contributed by atoms with Gasteiger partial charge in [-0.15, -0.1) is 0 Å². The van der Waals surface area contributed by atoms with Crippen molar-refractivity contribution in [1.29, 1.82) is 0 Å². The van der Waals surface area contributed by atoms with Crippen LogP contribution in [-0.4, -0.2) is 18.6 Å². The van der Waals surface area contributed by atoms with E-state index in [1.165, 1.54) is 24.1 Å². The van der Waals surface area contributed by atoms with E-state index >= 15 is 0 Å². The lowest BCUT2D eigenvalue weighted by Gasteiger charge is -2.27. The van der Waals surface area contributed by atoms with Gasteiger partial charge in [-0.1, -0.05) is 28.9 Å². The molecule has 2 rings (SSSR count). The number of hydrogen-bond acceptors (Lipinski definition) is 2. The fourth-order valence-corrected chi connectivity index (χ4v) is 2.76. The van der Waals surface area contributed by atoms with Crippen LogP contribution in [0.3, 0.4) is 0 Å². The summed E-state index contributed by atoms with van der Waals surface area (Å²) in [4.78, 5) is 2.53. The van der Waals surface area contributed by atoms with Crippen molar-refractivity contribution in [2.24, 2.45) is 5.73 Å². The van der Waals surface area contributed by atoms with Gasteiger partial charge in [-0.25, -0.2) is 0 Å². The summed E-state index contributed by atoms with van der Waals surface area (Å²) in [6.07, 6.45) is 4.67. The molecule has 0 radical (unpaired) electrons. The third kappa shape index (κ3) is 3.27. The Balaban J connectivity index is 2.27. The van der Waals surface area contributed by atoms with Gasteiger partial charge in [-0.2, -0.15) is 0 Å². The number of anilines is 1. The lowest BCUT2D eigenvalue weighted by atomic mass is 10.0. The predicted octanol–water partition coefficient (Wildman–Crippen LogP) is 3.72. The van der Waals surface area contributed by atoms with E-state index in [2.05, 4.69) is 52.9 Å². The van der Waals surface area contributed by atoms with Gasteiger partial charge in [0.2, 0.25) is 0 Å². The average Bonchev–Trinajstić information content (AvgIpc) is 3.17. The summed E-state index contributed by atoms with van der Waals surface area (Å²) in [5.41, 5.74) is 8.88. The third-order valence-electron chi connectivity index (χ3n) is 3.69. The zero-order valence-corrected chi connectivity index (χ0v) is 12.9. The Hall–Kier alpha value is -0.540. The highest BCUT2D eigenvalue weighted by atomic mass is 79.9. The number of rotatable bonds is 6. The molecule has 2 nitrogen and oxygen atoms in total. The lowest BCUT2D eigenvalue weighted by Crippen LogP contribution is -2.28. The van der Waals surface area contributed by atoms with Crippen molar-refractivity contribution < 1.29 is 0 Å². The number of halogens is 1. The Kier molecular flexibility index (Phi) is 4.68. The van der Waals surface area contributed by atoms with Crippen LogP contribution in [0.25, 0.3) is 0 Å². The Labute approximate surface area is 119 Å². The van der Waals surface area contributed by atoms with Crippen LogP contribution in [0, 0.1) is 0 Å². The second-order valence-electron chi connectivity index (χ2n) is 5.16. The van der Waals surface area contributed by atoms with Crippen LogP contribution < -0.4 is 10.6 Å². The second kappa shape index (κ2) is 6.07. The van der Waals surface area contributed by atoms with Crippen molar-refractivity contribution in [3.8, 4) is 0 Å². The van der Waals surface area contributed by atoms with Crippen LogP contribution >= 0.6 is 15.9 Å². The van der Waals surface area contributed by atoms with E-state index in [1.807, 2.05) is 0 Å². The van der Waals surface area contributed by atoms with Crippen LogP contribution in [0.15, 0.2) is 22.7 Å². The van der Waals surface area contributed by atoms with Crippen molar-refractivity contribution in [2.75, 3.05) is 11.4 Å². The molecule has 1 unspecified atom stereocenters. The third-order valence-corrected chi connectivity index (χ3v) is 4.18.